The van der Waals surface area contributed by atoms with Crippen molar-refractivity contribution in [2.45, 2.75) is 25.4 Å². The number of nitrogens with zero attached hydrogens (tertiary/aromatic N) is 2. The van der Waals surface area contributed by atoms with Crippen LogP contribution in [0, 0.1) is 0 Å². The first kappa shape index (κ1) is 13.7. The number of rotatable bonds is 4. The molecule has 2 fully saturated rings. The van der Waals surface area contributed by atoms with Crippen molar-refractivity contribution in [2.75, 3.05) is 40.4 Å². The summed E-state index contributed by atoms with van der Waals surface area (Å²) >= 11 is 0. The third kappa shape index (κ3) is 2.76. The molecule has 4 heteroatoms. The van der Waals surface area contributed by atoms with Crippen molar-refractivity contribution >= 4 is 0 Å². The lowest BCUT2D eigenvalue weighted by atomic mass is 10.1. The summed E-state index contributed by atoms with van der Waals surface area (Å²) < 4.78 is 10.7. The SMILES string of the molecule is COc1ccc(CN2CCN3CCCC3C2)cc1OC. The van der Waals surface area contributed by atoms with Crippen LogP contribution in [0.15, 0.2) is 18.2 Å². The van der Waals surface area contributed by atoms with Gasteiger partial charge in [0.1, 0.15) is 0 Å². The highest BCUT2D eigenvalue weighted by Gasteiger charge is 2.30. The van der Waals surface area contributed by atoms with Crippen LogP contribution in [0.2, 0.25) is 0 Å². The van der Waals surface area contributed by atoms with Crippen LogP contribution in [0.1, 0.15) is 18.4 Å². The maximum Gasteiger partial charge on any atom is 0.161 e. The molecule has 3 rings (SSSR count). The third-order valence-corrected chi connectivity index (χ3v) is 4.53. The summed E-state index contributed by atoms with van der Waals surface area (Å²) in [5, 5.41) is 0. The fourth-order valence-corrected chi connectivity index (χ4v) is 3.44. The van der Waals surface area contributed by atoms with Crippen molar-refractivity contribution in [1.82, 2.24) is 9.80 Å². The standard InChI is InChI=1S/C16H24N2O2/c1-19-15-6-5-13(10-16(15)20-2)11-17-8-9-18-7-3-4-14(18)12-17/h5-6,10,14H,3-4,7-9,11-12H2,1-2H3. The fourth-order valence-electron chi connectivity index (χ4n) is 3.44. The van der Waals surface area contributed by atoms with Gasteiger partial charge in [-0.25, -0.2) is 0 Å². The molecule has 0 bridgehead atoms. The molecule has 1 aromatic carbocycles. The molecule has 0 aliphatic carbocycles. The molecule has 2 aliphatic rings. The monoisotopic (exact) mass is 276 g/mol. The predicted molar refractivity (Wildman–Crippen MR) is 79.4 cm³/mol. The number of fused-ring (bicyclic) bond motifs is 1. The minimum absolute atomic E-state index is 0.781. The number of benzene rings is 1. The van der Waals surface area contributed by atoms with E-state index in [0.717, 1.165) is 24.1 Å². The van der Waals surface area contributed by atoms with Gasteiger partial charge in [0.15, 0.2) is 11.5 Å². The van der Waals surface area contributed by atoms with Crippen LogP contribution in [0.5, 0.6) is 11.5 Å². The van der Waals surface area contributed by atoms with Gasteiger partial charge < -0.3 is 9.47 Å². The van der Waals surface area contributed by atoms with Gasteiger partial charge in [0.2, 0.25) is 0 Å². The molecule has 1 aromatic rings. The Bertz CT molecular complexity index is 464. The van der Waals surface area contributed by atoms with Gasteiger partial charge in [0.05, 0.1) is 14.2 Å². The second kappa shape index (κ2) is 6.02. The van der Waals surface area contributed by atoms with E-state index in [0.29, 0.717) is 0 Å². The van der Waals surface area contributed by atoms with Crippen LogP contribution in [-0.2, 0) is 6.54 Å². The lowest BCUT2D eigenvalue weighted by Gasteiger charge is -2.37. The Labute approximate surface area is 121 Å². The fraction of sp³-hybridized carbons (Fsp3) is 0.625. The molecule has 1 atom stereocenters. The van der Waals surface area contributed by atoms with E-state index in [1.165, 1.54) is 44.6 Å². The Hall–Kier alpha value is -1.26. The average Bonchev–Trinajstić information content (AvgIpc) is 2.94. The summed E-state index contributed by atoms with van der Waals surface area (Å²) in [6.45, 7) is 5.90. The topological polar surface area (TPSA) is 24.9 Å². The van der Waals surface area contributed by atoms with Crippen molar-refractivity contribution in [3.05, 3.63) is 23.8 Å². The van der Waals surface area contributed by atoms with Crippen LogP contribution in [0.3, 0.4) is 0 Å². The first-order chi connectivity index (χ1) is 9.80. The molecular weight excluding hydrogens is 252 g/mol. The average molecular weight is 276 g/mol. The summed E-state index contributed by atoms with van der Waals surface area (Å²) in [5.41, 5.74) is 1.30. The van der Waals surface area contributed by atoms with E-state index in [4.69, 9.17) is 9.47 Å². The van der Waals surface area contributed by atoms with E-state index in [1.807, 2.05) is 6.07 Å². The minimum Gasteiger partial charge on any atom is -0.493 e. The number of hydrogen-bond acceptors (Lipinski definition) is 4. The van der Waals surface area contributed by atoms with Crippen LogP contribution in [0.25, 0.3) is 0 Å². The number of methoxy groups -OCH3 is 2. The van der Waals surface area contributed by atoms with E-state index >= 15 is 0 Å². The largest absolute Gasteiger partial charge is 0.493 e. The van der Waals surface area contributed by atoms with E-state index < -0.39 is 0 Å². The van der Waals surface area contributed by atoms with Crippen molar-refractivity contribution in [1.29, 1.82) is 0 Å². The molecule has 4 nitrogen and oxygen atoms in total. The van der Waals surface area contributed by atoms with Gasteiger partial charge in [-0.1, -0.05) is 6.07 Å². The highest BCUT2D eigenvalue weighted by molar-refractivity contribution is 5.42. The Morgan fingerprint density at radius 2 is 1.95 bits per heavy atom. The number of piperazine rings is 1. The minimum atomic E-state index is 0.781. The zero-order valence-electron chi connectivity index (χ0n) is 12.5. The van der Waals surface area contributed by atoms with Crippen LogP contribution >= 0.6 is 0 Å². The normalized spacial score (nSPS) is 23.6. The number of hydrogen-bond donors (Lipinski definition) is 0. The van der Waals surface area contributed by atoms with Crippen molar-refractivity contribution < 1.29 is 9.47 Å². The summed E-state index contributed by atoms with van der Waals surface area (Å²) in [7, 11) is 3.37. The Morgan fingerprint density at radius 3 is 2.75 bits per heavy atom. The van der Waals surface area contributed by atoms with E-state index in [2.05, 4.69) is 21.9 Å². The molecular formula is C16H24N2O2. The summed E-state index contributed by atoms with van der Waals surface area (Å²) in [6, 6.07) is 7.02. The maximum atomic E-state index is 5.38. The van der Waals surface area contributed by atoms with Crippen molar-refractivity contribution in [3.8, 4) is 11.5 Å². The highest BCUT2D eigenvalue weighted by atomic mass is 16.5. The molecule has 2 aliphatic heterocycles. The molecule has 0 amide bonds. The van der Waals surface area contributed by atoms with Gasteiger partial charge in [-0.15, -0.1) is 0 Å². The molecule has 1 unspecified atom stereocenters. The van der Waals surface area contributed by atoms with Crippen LogP contribution < -0.4 is 9.47 Å². The highest BCUT2D eigenvalue weighted by Crippen LogP contribution is 2.29. The van der Waals surface area contributed by atoms with Crippen molar-refractivity contribution in [3.63, 3.8) is 0 Å². The van der Waals surface area contributed by atoms with Gasteiger partial charge in [-0.2, -0.15) is 0 Å². The second-order valence-electron chi connectivity index (χ2n) is 5.76. The first-order valence-electron chi connectivity index (χ1n) is 7.47. The molecule has 0 radical (unpaired) electrons. The molecule has 0 spiro atoms. The second-order valence-corrected chi connectivity index (χ2v) is 5.76. The molecule has 0 saturated carbocycles. The van der Waals surface area contributed by atoms with Crippen molar-refractivity contribution in [2.24, 2.45) is 0 Å². The zero-order chi connectivity index (χ0) is 13.9. The van der Waals surface area contributed by atoms with Crippen LogP contribution in [0.4, 0.5) is 0 Å². The maximum absolute atomic E-state index is 5.38. The van der Waals surface area contributed by atoms with Gasteiger partial charge in [0, 0.05) is 32.2 Å². The zero-order valence-corrected chi connectivity index (χ0v) is 12.5. The molecule has 2 saturated heterocycles. The quantitative estimate of drug-likeness (QED) is 0.839. The molecule has 0 N–H and O–H groups in total. The Balaban J connectivity index is 1.65. The van der Waals surface area contributed by atoms with Gasteiger partial charge in [-0.3, -0.25) is 9.80 Å². The molecule has 20 heavy (non-hydrogen) atoms. The summed E-state index contributed by atoms with van der Waals surface area (Å²) in [4.78, 5) is 5.21. The lowest BCUT2D eigenvalue weighted by molar-refractivity contribution is 0.0993. The van der Waals surface area contributed by atoms with E-state index in [1.54, 1.807) is 14.2 Å². The van der Waals surface area contributed by atoms with E-state index in [-0.39, 0.29) is 0 Å². The smallest absolute Gasteiger partial charge is 0.161 e. The Kier molecular flexibility index (Phi) is 4.13. The third-order valence-electron chi connectivity index (χ3n) is 4.53. The van der Waals surface area contributed by atoms with E-state index in [9.17, 15) is 0 Å². The number of ether oxygens (including phenoxy) is 2. The lowest BCUT2D eigenvalue weighted by Crippen LogP contribution is -2.49. The predicted octanol–water partition coefficient (Wildman–Crippen LogP) is 1.98. The van der Waals surface area contributed by atoms with Crippen LogP contribution in [-0.4, -0.2) is 56.2 Å². The first-order valence-corrected chi connectivity index (χ1v) is 7.47. The Morgan fingerprint density at radius 1 is 1.10 bits per heavy atom. The molecule has 2 heterocycles. The molecule has 0 aromatic heterocycles. The molecule has 110 valence electrons. The summed E-state index contributed by atoms with van der Waals surface area (Å²) in [6.07, 6.45) is 2.73. The van der Waals surface area contributed by atoms with Gasteiger partial charge in [-0.05, 0) is 37.1 Å². The van der Waals surface area contributed by atoms with Gasteiger partial charge in [0.25, 0.3) is 0 Å². The summed E-state index contributed by atoms with van der Waals surface area (Å²) in [5.74, 6) is 1.63. The van der Waals surface area contributed by atoms with Gasteiger partial charge >= 0.3 is 0 Å².